The van der Waals surface area contributed by atoms with E-state index in [1.165, 1.54) is 0 Å². The number of benzene rings is 1. The Morgan fingerprint density at radius 3 is 3.18 bits per heavy atom. The number of unbranched alkanes of at least 4 members (excludes halogenated alkanes) is 2. The van der Waals surface area contributed by atoms with Gasteiger partial charge in [0.25, 0.3) is 0 Å². The standard InChI is InChI=1S/C14H17NO2/c1-2-3-4-5-8-15-13-10-17-14-9-11(16)6-7-12(13)14/h1,6-7,9,13,15-16H,3-5,8,10H2. The molecule has 0 radical (unpaired) electrons. The predicted molar refractivity (Wildman–Crippen MR) is 67.0 cm³/mol. The summed E-state index contributed by atoms with van der Waals surface area (Å²) in [5.74, 6) is 3.67. The Morgan fingerprint density at radius 1 is 1.47 bits per heavy atom. The van der Waals surface area contributed by atoms with E-state index in [0.29, 0.717) is 6.61 Å². The van der Waals surface area contributed by atoms with Gasteiger partial charge in [0.05, 0.1) is 6.04 Å². The van der Waals surface area contributed by atoms with E-state index in [1.807, 2.05) is 6.07 Å². The number of nitrogens with one attached hydrogen (secondary N) is 1. The van der Waals surface area contributed by atoms with Gasteiger partial charge in [-0.1, -0.05) is 0 Å². The fourth-order valence-electron chi connectivity index (χ4n) is 2.00. The van der Waals surface area contributed by atoms with Gasteiger partial charge in [0.15, 0.2) is 0 Å². The Hall–Kier alpha value is -1.66. The molecule has 0 aromatic heterocycles. The molecule has 0 fully saturated rings. The fourth-order valence-corrected chi connectivity index (χ4v) is 2.00. The minimum absolute atomic E-state index is 0.233. The summed E-state index contributed by atoms with van der Waals surface area (Å²) in [6.45, 7) is 1.57. The van der Waals surface area contributed by atoms with E-state index in [1.54, 1.807) is 12.1 Å². The molecule has 1 aromatic rings. The second-order valence-corrected chi connectivity index (χ2v) is 4.20. The highest BCUT2D eigenvalue weighted by molar-refractivity contribution is 5.44. The van der Waals surface area contributed by atoms with Crippen LogP contribution in [-0.4, -0.2) is 18.3 Å². The topological polar surface area (TPSA) is 41.5 Å². The van der Waals surface area contributed by atoms with E-state index in [9.17, 15) is 5.11 Å². The van der Waals surface area contributed by atoms with Gasteiger partial charge in [0, 0.05) is 18.1 Å². The van der Waals surface area contributed by atoms with Crippen LogP contribution in [0, 0.1) is 12.3 Å². The minimum Gasteiger partial charge on any atom is -0.508 e. The number of rotatable bonds is 5. The predicted octanol–water partition coefficient (Wildman–Crippen LogP) is 2.22. The zero-order chi connectivity index (χ0) is 12.1. The van der Waals surface area contributed by atoms with Crippen molar-refractivity contribution >= 4 is 0 Å². The molecule has 0 aliphatic carbocycles. The Bertz CT molecular complexity index is 423. The highest BCUT2D eigenvalue weighted by atomic mass is 16.5. The summed E-state index contributed by atoms with van der Waals surface area (Å²) in [5.41, 5.74) is 1.12. The van der Waals surface area contributed by atoms with Gasteiger partial charge in [-0.2, -0.15) is 0 Å². The first-order chi connectivity index (χ1) is 8.31. The summed E-state index contributed by atoms with van der Waals surface area (Å²) in [6, 6.07) is 5.50. The van der Waals surface area contributed by atoms with E-state index in [2.05, 4.69) is 11.2 Å². The average molecular weight is 231 g/mol. The van der Waals surface area contributed by atoms with Crippen LogP contribution in [0.4, 0.5) is 0 Å². The molecule has 0 amide bonds. The molecule has 1 aliphatic rings. The lowest BCUT2D eigenvalue weighted by atomic mass is 10.1. The zero-order valence-corrected chi connectivity index (χ0v) is 9.78. The van der Waals surface area contributed by atoms with Gasteiger partial charge in [-0.25, -0.2) is 0 Å². The van der Waals surface area contributed by atoms with Gasteiger partial charge < -0.3 is 15.2 Å². The lowest BCUT2D eigenvalue weighted by molar-refractivity contribution is 0.310. The molecule has 3 nitrogen and oxygen atoms in total. The van der Waals surface area contributed by atoms with Crippen LogP contribution in [0.2, 0.25) is 0 Å². The Morgan fingerprint density at radius 2 is 2.35 bits per heavy atom. The third-order valence-electron chi connectivity index (χ3n) is 2.92. The summed E-state index contributed by atoms with van der Waals surface area (Å²) in [6.07, 6.45) is 8.17. The maximum absolute atomic E-state index is 9.34. The fraction of sp³-hybridized carbons (Fsp3) is 0.429. The Balaban J connectivity index is 1.83. The SMILES string of the molecule is C#CCCCCNC1COc2cc(O)ccc21. The lowest BCUT2D eigenvalue weighted by Gasteiger charge is -2.10. The molecule has 1 aliphatic heterocycles. The summed E-state index contributed by atoms with van der Waals surface area (Å²) in [4.78, 5) is 0. The van der Waals surface area contributed by atoms with Gasteiger partial charge in [-0.05, 0) is 31.5 Å². The lowest BCUT2D eigenvalue weighted by Crippen LogP contribution is -2.23. The van der Waals surface area contributed by atoms with Gasteiger partial charge in [0.1, 0.15) is 18.1 Å². The first-order valence-corrected chi connectivity index (χ1v) is 5.94. The number of fused-ring (bicyclic) bond motifs is 1. The average Bonchev–Trinajstić information content (AvgIpc) is 2.71. The first kappa shape index (κ1) is 11.8. The van der Waals surface area contributed by atoms with E-state index in [4.69, 9.17) is 11.2 Å². The molecular weight excluding hydrogens is 214 g/mol. The molecule has 1 atom stereocenters. The van der Waals surface area contributed by atoms with Gasteiger partial charge in [-0.3, -0.25) is 0 Å². The zero-order valence-electron chi connectivity index (χ0n) is 9.78. The molecule has 0 bridgehead atoms. The number of phenols is 1. The van der Waals surface area contributed by atoms with Crippen molar-refractivity contribution in [3.8, 4) is 23.8 Å². The van der Waals surface area contributed by atoms with Gasteiger partial charge in [-0.15, -0.1) is 12.3 Å². The Labute approximate surface area is 102 Å². The van der Waals surface area contributed by atoms with Crippen molar-refractivity contribution < 1.29 is 9.84 Å². The molecule has 0 saturated heterocycles. The molecule has 0 spiro atoms. The van der Waals surface area contributed by atoms with Crippen LogP contribution in [0.5, 0.6) is 11.5 Å². The highest BCUT2D eigenvalue weighted by Gasteiger charge is 2.23. The molecule has 0 saturated carbocycles. The highest BCUT2D eigenvalue weighted by Crippen LogP contribution is 2.34. The van der Waals surface area contributed by atoms with Gasteiger partial charge in [0.2, 0.25) is 0 Å². The van der Waals surface area contributed by atoms with Crippen molar-refractivity contribution in [3.05, 3.63) is 23.8 Å². The quantitative estimate of drug-likeness (QED) is 0.603. The molecule has 2 N–H and O–H groups in total. The third-order valence-corrected chi connectivity index (χ3v) is 2.92. The van der Waals surface area contributed by atoms with Gasteiger partial charge >= 0.3 is 0 Å². The van der Waals surface area contributed by atoms with Crippen LogP contribution in [0.3, 0.4) is 0 Å². The van der Waals surface area contributed by atoms with Crippen molar-refractivity contribution in [2.45, 2.75) is 25.3 Å². The molecular formula is C14H17NO2. The molecule has 1 unspecified atom stereocenters. The second kappa shape index (κ2) is 5.60. The van der Waals surface area contributed by atoms with Crippen LogP contribution in [0.15, 0.2) is 18.2 Å². The number of hydrogen-bond acceptors (Lipinski definition) is 3. The van der Waals surface area contributed by atoms with E-state index >= 15 is 0 Å². The largest absolute Gasteiger partial charge is 0.508 e. The number of terminal acetylenes is 1. The maximum Gasteiger partial charge on any atom is 0.127 e. The first-order valence-electron chi connectivity index (χ1n) is 5.94. The van der Waals surface area contributed by atoms with Crippen molar-refractivity contribution in [2.24, 2.45) is 0 Å². The summed E-state index contributed by atoms with van der Waals surface area (Å²) in [5, 5.41) is 12.8. The molecule has 1 aromatic carbocycles. The van der Waals surface area contributed by atoms with Crippen LogP contribution in [-0.2, 0) is 0 Å². The van der Waals surface area contributed by atoms with Crippen molar-refractivity contribution in [1.29, 1.82) is 0 Å². The molecule has 3 heteroatoms. The Kier molecular flexibility index (Phi) is 3.89. The van der Waals surface area contributed by atoms with Crippen LogP contribution in [0.25, 0.3) is 0 Å². The monoisotopic (exact) mass is 231 g/mol. The molecule has 17 heavy (non-hydrogen) atoms. The number of hydrogen-bond donors (Lipinski definition) is 2. The number of phenolic OH excluding ortho intramolecular Hbond substituents is 1. The molecule has 1 heterocycles. The van der Waals surface area contributed by atoms with E-state index < -0.39 is 0 Å². The summed E-state index contributed by atoms with van der Waals surface area (Å²) < 4.78 is 5.52. The van der Waals surface area contributed by atoms with E-state index in [0.717, 1.165) is 37.1 Å². The van der Waals surface area contributed by atoms with Crippen LogP contribution < -0.4 is 10.1 Å². The number of ether oxygens (including phenoxy) is 1. The van der Waals surface area contributed by atoms with Crippen molar-refractivity contribution in [3.63, 3.8) is 0 Å². The van der Waals surface area contributed by atoms with Crippen LogP contribution >= 0.6 is 0 Å². The number of aromatic hydroxyl groups is 1. The summed E-state index contributed by atoms with van der Waals surface area (Å²) in [7, 11) is 0. The molecule has 90 valence electrons. The van der Waals surface area contributed by atoms with E-state index in [-0.39, 0.29) is 11.8 Å². The second-order valence-electron chi connectivity index (χ2n) is 4.20. The maximum atomic E-state index is 9.34. The van der Waals surface area contributed by atoms with Crippen molar-refractivity contribution in [1.82, 2.24) is 5.32 Å². The third kappa shape index (κ3) is 2.92. The normalized spacial score (nSPS) is 17.2. The molecule has 2 rings (SSSR count). The minimum atomic E-state index is 0.233. The van der Waals surface area contributed by atoms with Crippen molar-refractivity contribution in [2.75, 3.05) is 13.2 Å². The van der Waals surface area contributed by atoms with Crippen LogP contribution in [0.1, 0.15) is 30.9 Å². The summed E-state index contributed by atoms with van der Waals surface area (Å²) >= 11 is 0. The smallest absolute Gasteiger partial charge is 0.127 e.